The van der Waals surface area contributed by atoms with Gasteiger partial charge in [0.05, 0.1) is 26.2 Å². The minimum atomic E-state index is -0.531. The Balaban J connectivity index is 1.52. The monoisotopic (exact) mass is 449 g/mol. The van der Waals surface area contributed by atoms with E-state index in [-0.39, 0.29) is 23.9 Å². The first kappa shape index (κ1) is 21.9. The molecule has 7 heteroatoms. The van der Waals surface area contributed by atoms with Gasteiger partial charge in [0.25, 0.3) is 0 Å². The molecule has 2 heterocycles. The number of nitrogens with one attached hydrogen (secondary N) is 1. The number of carbonyl (C=O) groups is 2. The van der Waals surface area contributed by atoms with E-state index in [2.05, 4.69) is 5.43 Å². The summed E-state index contributed by atoms with van der Waals surface area (Å²) in [6.45, 7) is 0.536. The first-order valence-corrected chi connectivity index (χ1v) is 11.8. The number of hydrazine groups is 1. The topological polar surface area (TPSA) is 71.1 Å². The van der Waals surface area contributed by atoms with Crippen molar-refractivity contribution >= 4 is 11.8 Å². The lowest BCUT2D eigenvalue weighted by atomic mass is 9.90. The molecule has 1 aliphatic carbocycles. The van der Waals surface area contributed by atoms with Gasteiger partial charge in [0, 0.05) is 24.2 Å². The Labute approximate surface area is 194 Å². The molecule has 7 nitrogen and oxygen atoms in total. The third-order valence-corrected chi connectivity index (χ3v) is 7.26. The SMILES string of the molecule is COc1ccc([C@H]2NN(Cc3ccccc3)[C@@H]3C(=O)N(C4CCCCC4)C(=O)[C@@H]23)c(OC)c1. The second kappa shape index (κ2) is 9.15. The van der Waals surface area contributed by atoms with Crippen LogP contribution in [0, 0.1) is 5.92 Å². The molecule has 174 valence electrons. The summed E-state index contributed by atoms with van der Waals surface area (Å²) < 4.78 is 11.0. The summed E-state index contributed by atoms with van der Waals surface area (Å²) >= 11 is 0. The molecule has 2 aromatic rings. The van der Waals surface area contributed by atoms with Crippen molar-refractivity contribution in [2.75, 3.05) is 14.2 Å². The van der Waals surface area contributed by atoms with Gasteiger partial charge in [-0.3, -0.25) is 14.5 Å². The maximum atomic E-state index is 13.8. The Morgan fingerprint density at radius 2 is 1.70 bits per heavy atom. The van der Waals surface area contributed by atoms with Gasteiger partial charge in [-0.1, -0.05) is 49.6 Å². The molecule has 33 heavy (non-hydrogen) atoms. The van der Waals surface area contributed by atoms with Crippen molar-refractivity contribution in [2.45, 2.75) is 56.8 Å². The fraction of sp³-hybridized carbons (Fsp3) is 0.462. The zero-order valence-corrected chi connectivity index (χ0v) is 19.2. The van der Waals surface area contributed by atoms with Gasteiger partial charge in [-0.2, -0.15) is 0 Å². The third-order valence-electron chi connectivity index (χ3n) is 7.26. The number of nitrogens with zero attached hydrogens (tertiary/aromatic N) is 2. The molecule has 3 aliphatic rings. The number of hydrogen-bond acceptors (Lipinski definition) is 6. The van der Waals surface area contributed by atoms with Gasteiger partial charge in [-0.05, 0) is 30.5 Å². The molecular formula is C26H31N3O4. The molecule has 2 saturated heterocycles. The van der Waals surface area contributed by atoms with E-state index in [1.54, 1.807) is 19.1 Å². The molecule has 1 saturated carbocycles. The van der Waals surface area contributed by atoms with Gasteiger partial charge in [0.2, 0.25) is 11.8 Å². The van der Waals surface area contributed by atoms with E-state index in [1.165, 1.54) is 6.42 Å². The molecule has 2 aromatic carbocycles. The van der Waals surface area contributed by atoms with Crippen LogP contribution in [0.15, 0.2) is 48.5 Å². The summed E-state index contributed by atoms with van der Waals surface area (Å²) in [7, 11) is 3.23. The van der Waals surface area contributed by atoms with Gasteiger partial charge >= 0.3 is 0 Å². The average molecular weight is 450 g/mol. The highest BCUT2D eigenvalue weighted by molar-refractivity contribution is 6.08. The van der Waals surface area contributed by atoms with Crippen molar-refractivity contribution in [3.63, 3.8) is 0 Å². The molecule has 0 spiro atoms. The van der Waals surface area contributed by atoms with Crippen LogP contribution >= 0.6 is 0 Å². The maximum absolute atomic E-state index is 13.8. The summed E-state index contributed by atoms with van der Waals surface area (Å²) in [5.41, 5.74) is 5.44. The predicted octanol–water partition coefficient (Wildman–Crippen LogP) is 3.45. The van der Waals surface area contributed by atoms with E-state index in [1.807, 2.05) is 53.5 Å². The van der Waals surface area contributed by atoms with Crippen molar-refractivity contribution in [3.05, 3.63) is 59.7 Å². The zero-order valence-electron chi connectivity index (χ0n) is 19.2. The second-order valence-corrected chi connectivity index (χ2v) is 9.14. The molecule has 0 aromatic heterocycles. The lowest BCUT2D eigenvalue weighted by molar-refractivity contribution is -0.145. The molecule has 3 atom stereocenters. The fourth-order valence-corrected chi connectivity index (χ4v) is 5.65. The normalized spacial score (nSPS) is 26.0. The Kier molecular flexibility index (Phi) is 6.08. The number of hydrogen-bond donors (Lipinski definition) is 1. The Morgan fingerprint density at radius 1 is 0.939 bits per heavy atom. The lowest BCUT2D eigenvalue weighted by Crippen LogP contribution is -2.48. The highest BCUT2D eigenvalue weighted by Gasteiger charge is 2.60. The number of amides is 2. The van der Waals surface area contributed by atoms with Gasteiger partial charge < -0.3 is 9.47 Å². The van der Waals surface area contributed by atoms with Crippen molar-refractivity contribution in [2.24, 2.45) is 5.92 Å². The number of likely N-dealkylation sites (tertiary alicyclic amines) is 1. The Bertz CT molecular complexity index is 1020. The quantitative estimate of drug-likeness (QED) is 0.681. The largest absolute Gasteiger partial charge is 0.497 e. The molecule has 2 aliphatic heterocycles. The van der Waals surface area contributed by atoms with Crippen LogP contribution in [0.25, 0.3) is 0 Å². The third kappa shape index (κ3) is 3.89. The number of fused-ring (bicyclic) bond motifs is 1. The molecule has 3 fully saturated rings. The van der Waals surface area contributed by atoms with Crippen LogP contribution in [0.1, 0.15) is 49.3 Å². The van der Waals surface area contributed by atoms with E-state index >= 15 is 0 Å². The van der Waals surface area contributed by atoms with Crippen molar-refractivity contribution in [1.82, 2.24) is 15.3 Å². The highest BCUT2D eigenvalue weighted by Crippen LogP contribution is 2.45. The van der Waals surface area contributed by atoms with Crippen LogP contribution in [0.3, 0.4) is 0 Å². The Morgan fingerprint density at radius 3 is 2.39 bits per heavy atom. The van der Waals surface area contributed by atoms with E-state index < -0.39 is 12.0 Å². The van der Waals surface area contributed by atoms with Crippen LogP contribution in [0.4, 0.5) is 0 Å². The van der Waals surface area contributed by atoms with E-state index in [0.29, 0.717) is 18.0 Å². The molecular weight excluding hydrogens is 418 g/mol. The predicted molar refractivity (Wildman–Crippen MR) is 123 cm³/mol. The number of benzene rings is 2. The van der Waals surface area contributed by atoms with Crippen molar-refractivity contribution < 1.29 is 19.1 Å². The molecule has 2 amide bonds. The molecule has 5 rings (SSSR count). The molecule has 0 bridgehead atoms. The van der Waals surface area contributed by atoms with Crippen molar-refractivity contribution in [1.29, 1.82) is 0 Å². The first-order valence-electron chi connectivity index (χ1n) is 11.8. The molecule has 0 unspecified atom stereocenters. The fourth-order valence-electron chi connectivity index (χ4n) is 5.65. The number of carbonyl (C=O) groups excluding carboxylic acids is 2. The van der Waals surface area contributed by atoms with E-state index in [0.717, 1.165) is 36.8 Å². The number of rotatable bonds is 6. The number of imide groups is 1. The second-order valence-electron chi connectivity index (χ2n) is 9.14. The van der Waals surface area contributed by atoms with Gasteiger partial charge in [0.1, 0.15) is 17.5 Å². The molecule has 1 N–H and O–H groups in total. The van der Waals surface area contributed by atoms with Gasteiger partial charge in [-0.25, -0.2) is 10.4 Å². The molecule has 0 radical (unpaired) electrons. The minimum Gasteiger partial charge on any atom is -0.497 e. The van der Waals surface area contributed by atoms with Gasteiger partial charge in [0.15, 0.2) is 0 Å². The Hall–Kier alpha value is -2.90. The van der Waals surface area contributed by atoms with Crippen molar-refractivity contribution in [3.8, 4) is 11.5 Å². The summed E-state index contributed by atoms with van der Waals surface area (Å²) in [5.74, 6) is 0.691. The van der Waals surface area contributed by atoms with Gasteiger partial charge in [-0.15, -0.1) is 0 Å². The number of ether oxygens (including phenoxy) is 2. The highest BCUT2D eigenvalue weighted by atomic mass is 16.5. The lowest BCUT2D eigenvalue weighted by Gasteiger charge is -2.32. The van der Waals surface area contributed by atoms with Crippen LogP contribution in [0.2, 0.25) is 0 Å². The van der Waals surface area contributed by atoms with E-state index in [9.17, 15) is 9.59 Å². The summed E-state index contributed by atoms with van der Waals surface area (Å²) in [5, 5.41) is 1.96. The summed E-state index contributed by atoms with van der Waals surface area (Å²) in [4.78, 5) is 29.1. The maximum Gasteiger partial charge on any atom is 0.249 e. The van der Waals surface area contributed by atoms with Crippen LogP contribution < -0.4 is 14.9 Å². The average Bonchev–Trinajstić information content (AvgIpc) is 3.35. The smallest absolute Gasteiger partial charge is 0.249 e. The standard InChI is InChI=1S/C26H31N3O4/c1-32-19-13-14-20(21(15-19)33-2)23-22-24(28(27-23)16-17-9-5-3-6-10-17)26(31)29(25(22)30)18-11-7-4-8-12-18/h3,5-6,9-10,13-15,18,22-24,27H,4,7-8,11-12,16H2,1-2H3/t22-,23+,24-/m0/s1. The summed E-state index contributed by atoms with van der Waals surface area (Å²) in [6.07, 6.45) is 5.11. The number of methoxy groups -OCH3 is 2. The zero-order chi connectivity index (χ0) is 22.9. The van der Waals surface area contributed by atoms with Crippen LogP contribution in [-0.2, 0) is 16.1 Å². The summed E-state index contributed by atoms with van der Waals surface area (Å²) in [6, 6.07) is 14.8. The minimum absolute atomic E-state index is 0.0151. The van der Waals surface area contributed by atoms with E-state index in [4.69, 9.17) is 9.47 Å². The first-order chi connectivity index (χ1) is 16.1. The van der Waals surface area contributed by atoms with Crippen LogP contribution in [0.5, 0.6) is 11.5 Å². The van der Waals surface area contributed by atoms with Crippen LogP contribution in [-0.4, -0.2) is 48.0 Å².